The Morgan fingerprint density at radius 2 is 1.90 bits per heavy atom. The molecule has 0 bridgehead atoms. The SMILES string of the molecule is CC1CN(c2ccc(CN3CCc4nc(-c5cccnc5)ncc4C3)cn2)CC(C)O1. The van der Waals surface area contributed by atoms with Crippen molar-refractivity contribution in [1.82, 2.24) is 24.8 Å². The van der Waals surface area contributed by atoms with Gasteiger partial charge in [-0.2, -0.15) is 0 Å². The minimum absolute atomic E-state index is 0.236. The molecular weight excluding hydrogens is 388 g/mol. The van der Waals surface area contributed by atoms with Gasteiger partial charge < -0.3 is 9.64 Å². The normalized spacial score (nSPS) is 21.7. The molecule has 0 aromatic carbocycles. The quantitative estimate of drug-likeness (QED) is 0.647. The van der Waals surface area contributed by atoms with Crippen LogP contribution in [-0.4, -0.2) is 56.7 Å². The second-order valence-corrected chi connectivity index (χ2v) is 8.55. The summed E-state index contributed by atoms with van der Waals surface area (Å²) in [5, 5.41) is 0. The number of hydrogen-bond acceptors (Lipinski definition) is 7. The highest BCUT2D eigenvalue weighted by molar-refractivity contribution is 5.53. The largest absolute Gasteiger partial charge is 0.372 e. The van der Waals surface area contributed by atoms with Gasteiger partial charge in [0.15, 0.2) is 5.82 Å². The van der Waals surface area contributed by atoms with Crippen LogP contribution in [-0.2, 0) is 24.2 Å². The van der Waals surface area contributed by atoms with Crippen molar-refractivity contribution in [2.45, 2.75) is 45.6 Å². The third-order valence-electron chi connectivity index (χ3n) is 5.89. The molecule has 1 saturated heterocycles. The van der Waals surface area contributed by atoms with Crippen molar-refractivity contribution in [2.24, 2.45) is 0 Å². The second kappa shape index (κ2) is 8.69. The summed E-state index contributed by atoms with van der Waals surface area (Å²) >= 11 is 0. The van der Waals surface area contributed by atoms with E-state index in [1.165, 1.54) is 11.1 Å². The summed E-state index contributed by atoms with van der Waals surface area (Å²) in [4.78, 5) is 23.0. The Morgan fingerprint density at radius 1 is 1.03 bits per heavy atom. The van der Waals surface area contributed by atoms with Crippen LogP contribution in [0.25, 0.3) is 11.4 Å². The number of pyridine rings is 2. The van der Waals surface area contributed by atoms with Gasteiger partial charge in [-0.3, -0.25) is 9.88 Å². The highest BCUT2D eigenvalue weighted by Crippen LogP contribution is 2.23. The summed E-state index contributed by atoms with van der Waals surface area (Å²) in [5.41, 5.74) is 4.55. The van der Waals surface area contributed by atoms with Crippen molar-refractivity contribution in [3.05, 3.63) is 65.9 Å². The first-order valence-electron chi connectivity index (χ1n) is 11.0. The summed E-state index contributed by atoms with van der Waals surface area (Å²) in [5.74, 6) is 1.79. The van der Waals surface area contributed by atoms with E-state index in [9.17, 15) is 0 Å². The minimum Gasteiger partial charge on any atom is -0.372 e. The first kappa shape index (κ1) is 20.0. The second-order valence-electron chi connectivity index (χ2n) is 8.55. The molecule has 5 heterocycles. The van der Waals surface area contributed by atoms with Crippen molar-refractivity contribution < 1.29 is 4.74 Å². The number of ether oxygens (including phenoxy) is 1. The molecule has 2 unspecified atom stereocenters. The van der Waals surface area contributed by atoms with Gasteiger partial charge in [-0.15, -0.1) is 0 Å². The van der Waals surface area contributed by atoms with Gasteiger partial charge in [0.2, 0.25) is 0 Å². The van der Waals surface area contributed by atoms with Crippen LogP contribution in [0.3, 0.4) is 0 Å². The Hall–Kier alpha value is -2.90. The molecule has 0 radical (unpaired) electrons. The maximum Gasteiger partial charge on any atom is 0.160 e. The van der Waals surface area contributed by atoms with Crippen LogP contribution in [0.4, 0.5) is 5.82 Å². The van der Waals surface area contributed by atoms with E-state index in [1.54, 1.807) is 6.20 Å². The van der Waals surface area contributed by atoms with Crippen molar-refractivity contribution in [3.63, 3.8) is 0 Å². The average Bonchev–Trinajstić information content (AvgIpc) is 2.79. The van der Waals surface area contributed by atoms with Gasteiger partial charge >= 0.3 is 0 Å². The lowest BCUT2D eigenvalue weighted by molar-refractivity contribution is -0.00546. The van der Waals surface area contributed by atoms with E-state index in [1.807, 2.05) is 30.7 Å². The molecule has 7 nitrogen and oxygen atoms in total. The van der Waals surface area contributed by atoms with E-state index < -0.39 is 0 Å². The molecule has 160 valence electrons. The van der Waals surface area contributed by atoms with Crippen molar-refractivity contribution in [2.75, 3.05) is 24.5 Å². The lowest BCUT2D eigenvalue weighted by atomic mass is 10.1. The molecule has 2 aliphatic rings. The summed E-state index contributed by atoms with van der Waals surface area (Å²) < 4.78 is 5.83. The Bertz CT molecular complexity index is 1020. The highest BCUT2D eigenvalue weighted by atomic mass is 16.5. The molecule has 1 fully saturated rings. The summed E-state index contributed by atoms with van der Waals surface area (Å²) in [6.07, 6.45) is 8.96. The molecule has 5 rings (SSSR count). The van der Waals surface area contributed by atoms with Crippen molar-refractivity contribution >= 4 is 5.82 Å². The molecular formula is C24H28N6O. The van der Waals surface area contributed by atoms with Crippen LogP contribution in [0.2, 0.25) is 0 Å². The third-order valence-corrected chi connectivity index (χ3v) is 5.89. The summed E-state index contributed by atoms with van der Waals surface area (Å²) in [6, 6.07) is 8.25. The molecule has 0 amide bonds. The molecule has 7 heteroatoms. The van der Waals surface area contributed by atoms with Gasteiger partial charge in [0, 0.05) is 75.1 Å². The lowest BCUT2D eigenvalue weighted by Crippen LogP contribution is -2.45. The van der Waals surface area contributed by atoms with Crippen LogP contribution in [0, 0.1) is 0 Å². The van der Waals surface area contributed by atoms with E-state index in [0.717, 1.165) is 62.0 Å². The number of morpholine rings is 1. The van der Waals surface area contributed by atoms with E-state index >= 15 is 0 Å². The monoisotopic (exact) mass is 416 g/mol. The van der Waals surface area contributed by atoms with Gasteiger partial charge in [0.1, 0.15) is 5.82 Å². The molecule has 0 saturated carbocycles. The molecule has 3 aromatic heterocycles. The van der Waals surface area contributed by atoms with Gasteiger partial charge in [-0.25, -0.2) is 15.0 Å². The van der Waals surface area contributed by atoms with Crippen LogP contribution < -0.4 is 4.90 Å². The fourth-order valence-corrected chi connectivity index (χ4v) is 4.46. The molecule has 2 atom stereocenters. The lowest BCUT2D eigenvalue weighted by Gasteiger charge is -2.36. The summed E-state index contributed by atoms with van der Waals surface area (Å²) in [6.45, 7) is 8.75. The van der Waals surface area contributed by atoms with Gasteiger partial charge in [-0.1, -0.05) is 6.07 Å². The number of nitrogens with zero attached hydrogens (tertiary/aromatic N) is 6. The van der Waals surface area contributed by atoms with Crippen LogP contribution >= 0.6 is 0 Å². The standard InChI is InChI=1S/C24H28N6O/c1-17-13-30(14-18(2)31-17)23-6-5-19(10-26-23)15-29-9-7-22-21(16-29)12-27-24(28-22)20-4-3-8-25-11-20/h3-6,8,10-12,17-18H,7,9,13-16H2,1-2H3. The Labute approximate surface area is 183 Å². The highest BCUT2D eigenvalue weighted by Gasteiger charge is 2.23. The van der Waals surface area contributed by atoms with Gasteiger partial charge in [0.05, 0.1) is 17.9 Å². The van der Waals surface area contributed by atoms with Gasteiger partial charge in [0.25, 0.3) is 0 Å². The first-order chi connectivity index (χ1) is 15.1. The van der Waals surface area contributed by atoms with Crippen molar-refractivity contribution in [1.29, 1.82) is 0 Å². The predicted molar refractivity (Wildman–Crippen MR) is 120 cm³/mol. The maximum atomic E-state index is 5.83. The van der Waals surface area contributed by atoms with Crippen LogP contribution in [0.15, 0.2) is 49.1 Å². The predicted octanol–water partition coefficient (Wildman–Crippen LogP) is 3.11. The Kier molecular flexibility index (Phi) is 5.61. The molecule has 0 N–H and O–H groups in total. The Balaban J connectivity index is 1.23. The number of rotatable bonds is 4. The topological polar surface area (TPSA) is 67.3 Å². The van der Waals surface area contributed by atoms with E-state index in [-0.39, 0.29) is 12.2 Å². The van der Waals surface area contributed by atoms with Gasteiger partial charge in [-0.05, 0) is 37.6 Å². The zero-order chi connectivity index (χ0) is 21.2. The Morgan fingerprint density at radius 3 is 2.65 bits per heavy atom. The molecule has 31 heavy (non-hydrogen) atoms. The fourth-order valence-electron chi connectivity index (χ4n) is 4.46. The minimum atomic E-state index is 0.236. The third kappa shape index (κ3) is 4.57. The van der Waals surface area contributed by atoms with Crippen LogP contribution in [0.5, 0.6) is 0 Å². The average molecular weight is 417 g/mol. The van der Waals surface area contributed by atoms with Crippen LogP contribution in [0.1, 0.15) is 30.7 Å². The molecule has 0 spiro atoms. The number of fused-ring (bicyclic) bond motifs is 1. The van der Waals surface area contributed by atoms with E-state index in [0.29, 0.717) is 0 Å². The fraction of sp³-hybridized carbons (Fsp3) is 0.417. The molecule has 3 aromatic rings. The molecule has 2 aliphatic heterocycles. The summed E-state index contributed by atoms with van der Waals surface area (Å²) in [7, 11) is 0. The maximum absolute atomic E-state index is 5.83. The molecule has 0 aliphatic carbocycles. The zero-order valence-corrected chi connectivity index (χ0v) is 18.1. The number of aromatic nitrogens is 4. The van der Waals surface area contributed by atoms with E-state index in [4.69, 9.17) is 14.7 Å². The number of anilines is 1. The zero-order valence-electron chi connectivity index (χ0n) is 18.1. The van der Waals surface area contributed by atoms with Crippen molar-refractivity contribution in [3.8, 4) is 11.4 Å². The first-order valence-corrected chi connectivity index (χ1v) is 11.0. The smallest absolute Gasteiger partial charge is 0.160 e. The van der Waals surface area contributed by atoms with E-state index in [2.05, 4.69) is 45.7 Å². The number of hydrogen-bond donors (Lipinski definition) is 0.